The van der Waals surface area contributed by atoms with E-state index in [1.807, 2.05) is 26.0 Å². The van der Waals surface area contributed by atoms with Crippen molar-refractivity contribution in [2.24, 2.45) is 0 Å². The van der Waals surface area contributed by atoms with Crippen LogP contribution in [0.3, 0.4) is 0 Å². The minimum atomic E-state index is 0.136. The van der Waals surface area contributed by atoms with Crippen LogP contribution in [0, 0.1) is 0 Å². The van der Waals surface area contributed by atoms with E-state index in [4.69, 9.17) is 14.9 Å². The number of aromatic nitrogens is 2. The Bertz CT molecular complexity index is 528. The van der Waals surface area contributed by atoms with Gasteiger partial charge < -0.3 is 20.2 Å². The maximum absolute atomic E-state index is 6.01. The van der Waals surface area contributed by atoms with Gasteiger partial charge in [-0.3, -0.25) is 0 Å². The lowest BCUT2D eigenvalue weighted by Gasteiger charge is -2.16. The molecule has 0 aliphatic rings. The predicted octanol–water partition coefficient (Wildman–Crippen LogP) is 2.48. The molecule has 0 saturated carbocycles. The van der Waals surface area contributed by atoms with Crippen molar-refractivity contribution in [2.45, 2.75) is 32.7 Å². The molecule has 0 radical (unpaired) electrons. The average molecular weight is 276 g/mol. The summed E-state index contributed by atoms with van der Waals surface area (Å²) >= 11 is 0. The highest BCUT2D eigenvalue weighted by molar-refractivity contribution is 5.66. The molecule has 0 amide bonds. The molecule has 108 valence electrons. The number of nitrogen functional groups attached to an aromatic ring is 1. The maximum atomic E-state index is 6.01. The summed E-state index contributed by atoms with van der Waals surface area (Å²) in [6.45, 7) is 4.65. The quantitative estimate of drug-likeness (QED) is 0.808. The van der Waals surface area contributed by atoms with Crippen LogP contribution in [-0.4, -0.2) is 22.6 Å². The molecule has 0 aromatic carbocycles. The Morgan fingerprint density at radius 1 is 1.45 bits per heavy atom. The van der Waals surface area contributed by atoms with Crippen LogP contribution in [0.2, 0.25) is 0 Å². The van der Waals surface area contributed by atoms with E-state index in [-0.39, 0.29) is 6.04 Å². The van der Waals surface area contributed by atoms with E-state index in [0.717, 1.165) is 18.6 Å². The lowest BCUT2D eigenvalue weighted by atomic mass is 10.2. The number of hydrogen-bond acceptors (Lipinski definition) is 6. The van der Waals surface area contributed by atoms with Gasteiger partial charge in [-0.05, 0) is 25.5 Å². The summed E-state index contributed by atoms with van der Waals surface area (Å²) < 4.78 is 10.8. The fourth-order valence-electron chi connectivity index (χ4n) is 1.82. The van der Waals surface area contributed by atoms with Crippen molar-refractivity contribution in [1.29, 1.82) is 0 Å². The van der Waals surface area contributed by atoms with Crippen molar-refractivity contribution in [3.05, 3.63) is 30.5 Å². The number of anilines is 2. The van der Waals surface area contributed by atoms with Crippen molar-refractivity contribution >= 4 is 11.5 Å². The zero-order chi connectivity index (χ0) is 14.4. The molecule has 0 aliphatic carbocycles. The minimum Gasteiger partial charge on any atom is -0.476 e. The third kappa shape index (κ3) is 3.63. The zero-order valence-corrected chi connectivity index (χ0v) is 11.8. The second-order valence-corrected chi connectivity index (χ2v) is 4.62. The first-order chi connectivity index (χ1) is 9.70. The summed E-state index contributed by atoms with van der Waals surface area (Å²) in [5, 5.41) is 3.25. The van der Waals surface area contributed by atoms with Gasteiger partial charge in [-0.25, -0.2) is 4.98 Å². The van der Waals surface area contributed by atoms with Crippen LogP contribution in [-0.2, 0) is 6.42 Å². The lowest BCUT2D eigenvalue weighted by Crippen LogP contribution is -2.20. The summed E-state index contributed by atoms with van der Waals surface area (Å²) in [6, 6.07) is 3.95. The molecule has 1 unspecified atom stereocenters. The van der Waals surface area contributed by atoms with Gasteiger partial charge in [0, 0.05) is 12.5 Å². The number of rotatable bonds is 7. The molecule has 2 rings (SSSR count). The van der Waals surface area contributed by atoms with E-state index < -0.39 is 0 Å². The van der Waals surface area contributed by atoms with Crippen LogP contribution in [0.4, 0.5) is 11.5 Å². The fourth-order valence-corrected chi connectivity index (χ4v) is 1.82. The molecule has 2 aromatic heterocycles. The van der Waals surface area contributed by atoms with Crippen LogP contribution >= 0.6 is 0 Å². The van der Waals surface area contributed by atoms with E-state index in [1.54, 1.807) is 6.26 Å². The van der Waals surface area contributed by atoms with Gasteiger partial charge in [0.1, 0.15) is 17.8 Å². The second kappa shape index (κ2) is 6.79. The number of nitrogens with one attached hydrogen (secondary N) is 1. The molecule has 0 saturated heterocycles. The molecule has 0 spiro atoms. The van der Waals surface area contributed by atoms with Crippen molar-refractivity contribution in [3.63, 3.8) is 0 Å². The highest BCUT2D eigenvalue weighted by Crippen LogP contribution is 2.25. The Kier molecular flexibility index (Phi) is 4.81. The molecule has 20 heavy (non-hydrogen) atoms. The summed E-state index contributed by atoms with van der Waals surface area (Å²) in [7, 11) is 0. The minimum absolute atomic E-state index is 0.136. The first kappa shape index (κ1) is 14.2. The van der Waals surface area contributed by atoms with E-state index in [2.05, 4.69) is 15.3 Å². The normalized spacial score (nSPS) is 12.1. The van der Waals surface area contributed by atoms with Gasteiger partial charge in [-0.1, -0.05) is 6.92 Å². The Morgan fingerprint density at radius 2 is 2.30 bits per heavy atom. The van der Waals surface area contributed by atoms with Gasteiger partial charge in [0.2, 0.25) is 5.88 Å². The smallest absolute Gasteiger partial charge is 0.242 e. The Balaban J connectivity index is 2.01. The molecule has 1 atom stereocenters. The molecule has 3 N–H and O–H groups in total. The van der Waals surface area contributed by atoms with Gasteiger partial charge in [0.15, 0.2) is 5.82 Å². The van der Waals surface area contributed by atoms with Crippen molar-refractivity contribution in [2.75, 3.05) is 17.7 Å². The highest BCUT2D eigenvalue weighted by Gasteiger charge is 2.12. The van der Waals surface area contributed by atoms with Gasteiger partial charge >= 0.3 is 0 Å². The zero-order valence-electron chi connectivity index (χ0n) is 11.8. The SMILES string of the molecule is CCCOc1ncnc(NC(C)Cc2ccco2)c1N. The molecule has 6 heteroatoms. The number of furan rings is 1. The third-order valence-electron chi connectivity index (χ3n) is 2.76. The summed E-state index contributed by atoms with van der Waals surface area (Å²) in [5.74, 6) is 1.93. The number of nitrogens with zero attached hydrogens (tertiary/aromatic N) is 2. The molecular weight excluding hydrogens is 256 g/mol. The van der Waals surface area contributed by atoms with E-state index in [1.165, 1.54) is 6.33 Å². The first-order valence-corrected chi connectivity index (χ1v) is 6.73. The van der Waals surface area contributed by atoms with Crippen LogP contribution in [0.1, 0.15) is 26.0 Å². The molecule has 0 aliphatic heterocycles. The Hall–Kier alpha value is -2.24. The van der Waals surface area contributed by atoms with Crippen LogP contribution in [0.25, 0.3) is 0 Å². The van der Waals surface area contributed by atoms with Crippen molar-refractivity contribution < 1.29 is 9.15 Å². The molecule has 2 heterocycles. The maximum Gasteiger partial charge on any atom is 0.242 e. The van der Waals surface area contributed by atoms with Crippen LogP contribution in [0.15, 0.2) is 29.1 Å². The molecule has 2 aromatic rings. The largest absolute Gasteiger partial charge is 0.476 e. The van der Waals surface area contributed by atoms with E-state index >= 15 is 0 Å². The number of hydrogen-bond donors (Lipinski definition) is 2. The van der Waals surface area contributed by atoms with E-state index in [9.17, 15) is 0 Å². The first-order valence-electron chi connectivity index (χ1n) is 6.73. The van der Waals surface area contributed by atoms with Gasteiger partial charge in [0.25, 0.3) is 0 Å². The predicted molar refractivity (Wildman–Crippen MR) is 77.7 cm³/mol. The summed E-state index contributed by atoms with van der Waals surface area (Å²) in [6.07, 6.45) is 4.77. The monoisotopic (exact) mass is 276 g/mol. The third-order valence-corrected chi connectivity index (χ3v) is 2.76. The Labute approximate surface area is 118 Å². The molecule has 0 fully saturated rings. The number of nitrogens with two attached hydrogens (primary N) is 1. The Morgan fingerprint density at radius 3 is 3.00 bits per heavy atom. The highest BCUT2D eigenvalue weighted by atomic mass is 16.5. The second-order valence-electron chi connectivity index (χ2n) is 4.62. The molecule has 0 bridgehead atoms. The lowest BCUT2D eigenvalue weighted by molar-refractivity contribution is 0.306. The van der Waals surface area contributed by atoms with Gasteiger partial charge in [-0.2, -0.15) is 4.98 Å². The van der Waals surface area contributed by atoms with E-state index in [0.29, 0.717) is 24.0 Å². The molecule has 6 nitrogen and oxygen atoms in total. The topological polar surface area (TPSA) is 86.2 Å². The fraction of sp³-hybridized carbons (Fsp3) is 0.429. The molecular formula is C14H20N4O2. The number of ether oxygens (including phenoxy) is 1. The van der Waals surface area contributed by atoms with Crippen molar-refractivity contribution in [3.8, 4) is 5.88 Å². The van der Waals surface area contributed by atoms with Crippen LogP contribution in [0.5, 0.6) is 5.88 Å². The van der Waals surface area contributed by atoms with Gasteiger partial charge in [-0.15, -0.1) is 0 Å². The summed E-state index contributed by atoms with van der Waals surface area (Å²) in [5.41, 5.74) is 6.45. The summed E-state index contributed by atoms with van der Waals surface area (Å²) in [4.78, 5) is 8.20. The average Bonchev–Trinajstić information content (AvgIpc) is 2.92. The van der Waals surface area contributed by atoms with Crippen molar-refractivity contribution in [1.82, 2.24) is 9.97 Å². The van der Waals surface area contributed by atoms with Gasteiger partial charge in [0.05, 0.1) is 12.9 Å². The van der Waals surface area contributed by atoms with Crippen LogP contribution < -0.4 is 15.8 Å². The standard InChI is InChI=1S/C14H20N4O2/c1-3-6-20-14-12(15)13(16-9-17-14)18-10(2)8-11-5-4-7-19-11/h4-5,7,9-10H,3,6,8,15H2,1-2H3,(H,16,17,18).